The van der Waals surface area contributed by atoms with Crippen LogP contribution in [0.1, 0.15) is 25.7 Å². The van der Waals surface area contributed by atoms with E-state index in [2.05, 4.69) is 26.3 Å². The van der Waals surface area contributed by atoms with E-state index in [1.165, 1.54) is 0 Å². The molecule has 0 spiro atoms. The minimum atomic E-state index is -0.587. The Hall–Kier alpha value is -1.20. The van der Waals surface area contributed by atoms with E-state index in [1.807, 2.05) is 0 Å². The van der Waals surface area contributed by atoms with Gasteiger partial charge in [0.2, 0.25) is 0 Å². The highest BCUT2D eigenvalue weighted by Crippen LogP contribution is 2.27. The average Bonchev–Trinajstić information content (AvgIpc) is 2.33. The van der Waals surface area contributed by atoms with Crippen molar-refractivity contribution in [3.8, 4) is 0 Å². The highest BCUT2D eigenvalue weighted by atomic mass is 16.3. The summed E-state index contributed by atoms with van der Waals surface area (Å²) in [7, 11) is 0. The van der Waals surface area contributed by atoms with Gasteiger partial charge in [0.25, 0.3) is 0 Å². The first-order valence-corrected chi connectivity index (χ1v) is 6.68. The summed E-state index contributed by atoms with van der Waals surface area (Å²) < 4.78 is 0. The third-order valence-corrected chi connectivity index (χ3v) is 3.67. The summed E-state index contributed by atoms with van der Waals surface area (Å²) in [5.41, 5.74) is 2.88. The van der Waals surface area contributed by atoms with Crippen LogP contribution < -0.4 is 0 Å². The molecular weight excluding hydrogens is 256 g/mol. The number of hydrogen-bond donors (Lipinski definition) is 4. The smallest absolute Gasteiger partial charge is 0.0811 e. The molecule has 4 N–H and O–H groups in total. The molecule has 0 bridgehead atoms. The molecular formula is C16H24O4. The molecule has 0 aromatic rings. The van der Waals surface area contributed by atoms with E-state index < -0.39 is 24.4 Å². The molecule has 0 aliphatic heterocycles. The molecule has 0 unspecified atom stereocenters. The van der Waals surface area contributed by atoms with Gasteiger partial charge in [-0.1, -0.05) is 26.3 Å². The summed E-state index contributed by atoms with van der Waals surface area (Å²) in [6.45, 7) is 14.7. The Bertz CT molecular complexity index is 384. The first-order chi connectivity index (χ1) is 9.22. The van der Waals surface area contributed by atoms with E-state index in [-0.39, 0.29) is 0 Å². The molecule has 0 aromatic carbocycles. The fraction of sp³-hybridized carbons (Fsp3) is 0.500. The minimum absolute atomic E-state index is 0.401. The van der Waals surface area contributed by atoms with Crippen LogP contribution in [0.3, 0.4) is 0 Å². The van der Waals surface area contributed by atoms with Gasteiger partial charge in [0.1, 0.15) is 0 Å². The standard InChI is InChI=1S/2C8H12O2/c2*1-5-3-7(9)4-8(10)6(5)2/h2*7-10H,1-4H2/t2*7-,8+/m11/s1. The third kappa shape index (κ3) is 4.42. The Morgan fingerprint density at radius 2 is 0.950 bits per heavy atom. The number of aliphatic hydroxyl groups is 4. The second kappa shape index (κ2) is 6.99. The summed E-state index contributed by atoms with van der Waals surface area (Å²) in [5.74, 6) is 0. The maximum absolute atomic E-state index is 9.20. The lowest BCUT2D eigenvalue weighted by molar-refractivity contribution is 0.0857. The maximum atomic E-state index is 9.20. The van der Waals surface area contributed by atoms with Crippen molar-refractivity contribution in [2.24, 2.45) is 0 Å². The molecule has 2 fully saturated rings. The molecule has 4 atom stereocenters. The zero-order chi connectivity index (χ0) is 15.4. The lowest BCUT2D eigenvalue weighted by Gasteiger charge is -2.25. The second-order valence-corrected chi connectivity index (χ2v) is 5.48. The average molecular weight is 280 g/mol. The zero-order valence-electron chi connectivity index (χ0n) is 11.8. The Morgan fingerprint density at radius 3 is 1.20 bits per heavy atom. The van der Waals surface area contributed by atoms with Gasteiger partial charge in [-0.15, -0.1) is 0 Å². The van der Waals surface area contributed by atoms with Gasteiger partial charge in [-0.3, -0.25) is 0 Å². The molecule has 0 radical (unpaired) electrons. The summed E-state index contributed by atoms with van der Waals surface area (Å²) in [6, 6.07) is 0. The molecule has 0 heterocycles. The zero-order valence-corrected chi connectivity index (χ0v) is 11.8. The van der Waals surface area contributed by atoms with Gasteiger partial charge in [-0.25, -0.2) is 0 Å². The van der Waals surface area contributed by atoms with Crippen molar-refractivity contribution in [3.05, 3.63) is 48.6 Å². The molecule has 2 aliphatic carbocycles. The van der Waals surface area contributed by atoms with E-state index in [1.54, 1.807) is 0 Å². The third-order valence-electron chi connectivity index (χ3n) is 3.67. The highest BCUT2D eigenvalue weighted by Gasteiger charge is 2.24. The Morgan fingerprint density at radius 1 is 0.650 bits per heavy atom. The summed E-state index contributed by atoms with van der Waals surface area (Å²) >= 11 is 0. The van der Waals surface area contributed by atoms with Crippen LogP contribution in [0.15, 0.2) is 48.6 Å². The predicted molar refractivity (Wildman–Crippen MR) is 79.1 cm³/mol. The molecule has 2 aliphatic rings. The van der Waals surface area contributed by atoms with Crippen molar-refractivity contribution in [1.29, 1.82) is 0 Å². The lowest BCUT2D eigenvalue weighted by Crippen LogP contribution is -2.26. The first kappa shape index (κ1) is 16.9. The molecule has 0 aromatic heterocycles. The number of aliphatic hydroxyl groups excluding tert-OH is 4. The van der Waals surface area contributed by atoms with Crippen LogP contribution in [0.4, 0.5) is 0 Å². The molecule has 20 heavy (non-hydrogen) atoms. The Balaban J connectivity index is 0.000000200. The fourth-order valence-corrected chi connectivity index (χ4v) is 2.27. The van der Waals surface area contributed by atoms with Gasteiger partial charge in [0.05, 0.1) is 24.4 Å². The first-order valence-electron chi connectivity index (χ1n) is 6.68. The normalized spacial score (nSPS) is 34.6. The second-order valence-electron chi connectivity index (χ2n) is 5.48. The highest BCUT2D eigenvalue weighted by molar-refractivity contribution is 5.32. The molecule has 0 saturated heterocycles. The topological polar surface area (TPSA) is 80.9 Å². The van der Waals surface area contributed by atoms with Gasteiger partial charge in [-0.05, 0) is 35.1 Å². The SMILES string of the molecule is C=C1C[C@@H](O)C[C@H](O)C1=C.C=C1C[C@@H](O)C[C@H](O)C1=C. The molecule has 2 saturated carbocycles. The molecule has 4 heteroatoms. The largest absolute Gasteiger partial charge is 0.393 e. The Kier molecular flexibility index (Phi) is 5.89. The van der Waals surface area contributed by atoms with Gasteiger partial charge >= 0.3 is 0 Å². The summed E-state index contributed by atoms with van der Waals surface area (Å²) in [6.07, 6.45) is -0.143. The monoisotopic (exact) mass is 280 g/mol. The van der Waals surface area contributed by atoms with Crippen LogP contribution in [-0.2, 0) is 0 Å². The van der Waals surface area contributed by atoms with Crippen LogP contribution in [0.25, 0.3) is 0 Å². The van der Waals surface area contributed by atoms with Crippen LogP contribution in [0.2, 0.25) is 0 Å². The molecule has 2 rings (SSSR count). The van der Waals surface area contributed by atoms with E-state index in [4.69, 9.17) is 10.2 Å². The van der Waals surface area contributed by atoms with Crippen molar-refractivity contribution >= 4 is 0 Å². The van der Waals surface area contributed by atoms with Gasteiger partial charge in [0.15, 0.2) is 0 Å². The van der Waals surface area contributed by atoms with Gasteiger partial charge in [0, 0.05) is 12.8 Å². The summed E-state index contributed by atoms with van der Waals surface area (Å²) in [4.78, 5) is 0. The Labute approximate surface area is 120 Å². The van der Waals surface area contributed by atoms with Crippen molar-refractivity contribution in [1.82, 2.24) is 0 Å². The summed E-state index contributed by atoms with van der Waals surface area (Å²) in [5, 5.41) is 36.6. The van der Waals surface area contributed by atoms with E-state index >= 15 is 0 Å². The molecule has 0 amide bonds. The maximum Gasteiger partial charge on any atom is 0.0811 e. The number of hydrogen-bond acceptors (Lipinski definition) is 4. The van der Waals surface area contributed by atoms with E-state index in [0.717, 1.165) is 11.1 Å². The molecule has 112 valence electrons. The van der Waals surface area contributed by atoms with Crippen LogP contribution in [0.5, 0.6) is 0 Å². The van der Waals surface area contributed by atoms with Crippen LogP contribution in [0, 0.1) is 0 Å². The van der Waals surface area contributed by atoms with Gasteiger partial charge in [-0.2, -0.15) is 0 Å². The predicted octanol–water partition coefficient (Wildman–Crippen LogP) is 1.23. The van der Waals surface area contributed by atoms with Crippen molar-refractivity contribution < 1.29 is 20.4 Å². The fourth-order valence-electron chi connectivity index (χ4n) is 2.27. The quantitative estimate of drug-likeness (QED) is 0.538. The lowest BCUT2D eigenvalue weighted by atomic mass is 9.87. The van der Waals surface area contributed by atoms with Crippen molar-refractivity contribution in [3.63, 3.8) is 0 Å². The van der Waals surface area contributed by atoms with Crippen LogP contribution in [-0.4, -0.2) is 44.8 Å². The van der Waals surface area contributed by atoms with Crippen molar-refractivity contribution in [2.75, 3.05) is 0 Å². The minimum Gasteiger partial charge on any atom is -0.393 e. The van der Waals surface area contributed by atoms with Crippen LogP contribution >= 0.6 is 0 Å². The van der Waals surface area contributed by atoms with Crippen molar-refractivity contribution in [2.45, 2.75) is 50.1 Å². The molecule has 4 nitrogen and oxygen atoms in total. The van der Waals surface area contributed by atoms with Gasteiger partial charge < -0.3 is 20.4 Å². The number of rotatable bonds is 0. The van der Waals surface area contributed by atoms with E-state index in [9.17, 15) is 10.2 Å². The van der Waals surface area contributed by atoms with E-state index in [0.29, 0.717) is 36.8 Å².